The van der Waals surface area contributed by atoms with Crippen molar-refractivity contribution in [2.75, 3.05) is 70.8 Å². The number of rotatable bonds is 5. The zero-order valence-electron chi connectivity index (χ0n) is 21.6. The molecule has 0 atom stereocenters. The first-order chi connectivity index (χ1) is 19.4. The molecule has 0 spiro atoms. The van der Waals surface area contributed by atoms with Crippen molar-refractivity contribution in [2.24, 2.45) is 4.99 Å². The predicted octanol–water partition coefficient (Wildman–Crippen LogP) is 2.73. The second-order valence-electron chi connectivity index (χ2n) is 8.62. The van der Waals surface area contributed by atoms with Gasteiger partial charge >= 0.3 is 5.97 Å². The van der Waals surface area contributed by atoms with Gasteiger partial charge in [0.05, 0.1) is 74.3 Å². The lowest BCUT2D eigenvalue weighted by molar-refractivity contribution is -0.394. The highest BCUT2D eigenvalue weighted by Crippen LogP contribution is 2.27. The molecule has 1 fully saturated rings. The largest absolute Gasteiger partial charge is 0.402 e. The number of carbonyl (C=O) groups is 1. The molecule has 14 nitrogen and oxygen atoms in total. The van der Waals surface area contributed by atoms with Gasteiger partial charge in [-0.25, -0.2) is 9.79 Å². The Hall–Kier alpha value is -4.24. The van der Waals surface area contributed by atoms with Gasteiger partial charge in [-0.1, -0.05) is 12.1 Å². The third-order valence-electron chi connectivity index (χ3n) is 5.88. The van der Waals surface area contributed by atoms with E-state index in [0.29, 0.717) is 71.5 Å². The Morgan fingerprint density at radius 2 is 1.25 bits per heavy atom. The topological polar surface area (TPSA) is 165 Å². The van der Waals surface area contributed by atoms with Gasteiger partial charge in [0.15, 0.2) is 5.70 Å². The van der Waals surface area contributed by atoms with Crippen LogP contribution in [0.4, 0.5) is 17.1 Å². The van der Waals surface area contributed by atoms with Crippen LogP contribution < -0.4 is 4.90 Å². The molecule has 40 heavy (non-hydrogen) atoms. The maximum Gasteiger partial charge on any atom is 0.363 e. The molecule has 0 radical (unpaired) electrons. The zero-order chi connectivity index (χ0) is 28.3. The second-order valence-corrected chi connectivity index (χ2v) is 8.62. The van der Waals surface area contributed by atoms with Crippen LogP contribution in [-0.2, 0) is 28.5 Å². The van der Waals surface area contributed by atoms with Crippen molar-refractivity contribution in [3.63, 3.8) is 0 Å². The zero-order valence-corrected chi connectivity index (χ0v) is 21.6. The van der Waals surface area contributed by atoms with E-state index in [-0.39, 0.29) is 17.2 Å². The number of aliphatic imine (C=N–C) groups is 1. The summed E-state index contributed by atoms with van der Waals surface area (Å²) in [6.45, 7) is 5.26. The highest BCUT2D eigenvalue weighted by atomic mass is 16.6. The molecule has 212 valence electrons. The monoisotopic (exact) mass is 556 g/mol. The molecule has 0 bridgehead atoms. The fourth-order valence-corrected chi connectivity index (χ4v) is 3.88. The van der Waals surface area contributed by atoms with Crippen LogP contribution in [0.15, 0.2) is 53.2 Å². The number of hydrogen-bond acceptors (Lipinski definition) is 12. The molecule has 4 rings (SSSR count). The van der Waals surface area contributed by atoms with Gasteiger partial charge in [0, 0.05) is 30.9 Å². The predicted molar refractivity (Wildman–Crippen MR) is 142 cm³/mol. The van der Waals surface area contributed by atoms with Crippen LogP contribution in [0.5, 0.6) is 0 Å². The van der Waals surface area contributed by atoms with Crippen LogP contribution >= 0.6 is 0 Å². The lowest BCUT2D eigenvalue weighted by Gasteiger charge is -2.25. The van der Waals surface area contributed by atoms with E-state index in [1.165, 1.54) is 6.08 Å². The van der Waals surface area contributed by atoms with Gasteiger partial charge < -0.3 is 28.6 Å². The summed E-state index contributed by atoms with van der Waals surface area (Å²) in [5, 5.41) is 22.4. The van der Waals surface area contributed by atoms with Crippen LogP contribution in [0, 0.1) is 20.2 Å². The Morgan fingerprint density at radius 1 is 0.750 bits per heavy atom. The van der Waals surface area contributed by atoms with Crippen LogP contribution in [0.25, 0.3) is 6.08 Å². The van der Waals surface area contributed by atoms with E-state index in [1.54, 1.807) is 12.1 Å². The van der Waals surface area contributed by atoms with Crippen LogP contribution in [0.3, 0.4) is 0 Å². The van der Waals surface area contributed by atoms with Crippen molar-refractivity contribution in [3.05, 3.63) is 79.5 Å². The highest BCUT2D eigenvalue weighted by molar-refractivity contribution is 6.13. The molecule has 0 unspecified atom stereocenters. The molecule has 2 aliphatic rings. The minimum atomic E-state index is -0.777. The van der Waals surface area contributed by atoms with Crippen molar-refractivity contribution in [1.82, 2.24) is 0 Å². The molecule has 2 aliphatic heterocycles. The van der Waals surface area contributed by atoms with Crippen molar-refractivity contribution in [3.8, 4) is 0 Å². The Kier molecular flexibility index (Phi) is 10.2. The molecule has 0 saturated carbocycles. The quantitative estimate of drug-likeness (QED) is 0.230. The van der Waals surface area contributed by atoms with Crippen LogP contribution in [0.2, 0.25) is 0 Å². The minimum Gasteiger partial charge on any atom is -0.402 e. The van der Waals surface area contributed by atoms with Crippen molar-refractivity contribution >= 4 is 35.0 Å². The summed E-state index contributed by atoms with van der Waals surface area (Å²) in [7, 11) is 0. The summed E-state index contributed by atoms with van der Waals surface area (Å²) in [5.74, 6) is -1.03. The summed E-state index contributed by atoms with van der Waals surface area (Å²) < 4.78 is 27.4. The van der Waals surface area contributed by atoms with Gasteiger partial charge in [-0.2, -0.15) is 0 Å². The number of esters is 1. The average molecular weight is 557 g/mol. The molecule has 2 aromatic carbocycles. The average Bonchev–Trinajstić information content (AvgIpc) is 3.31. The van der Waals surface area contributed by atoms with Gasteiger partial charge in [-0.15, -0.1) is 0 Å². The van der Waals surface area contributed by atoms with Gasteiger partial charge in [-0.05, 0) is 23.8 Å². The van der Waals surface area contributed by atoms with Crippen LogP contribution in [0.1, 0.15) is 11.1 Å². The summed E-state index contributed by atoms with van der Waals surface area (Å²) in [5.41, 5.74) is 0.456. The number of ether oxygens (including phenoxy) is 5. The summed E-state index contributed by atoms with van der Waals surface area (Å²) in [6.07, 6.45) is 1.50. The number of nitrogens with zero attached hydrogens (tertiary/aromatic N) is 4. The maximum absolute atomic E-state index is 12.4. The first-order valence-electron chi connectivity index (χ1n) is 12.5. The number of anilines is 1. The third-order valence-corrected chi connectivity index (χ3v) is 5.88. The van der Waals surface area contributed by atoms with Gasteiger partial charge in [-0.3, -0.25) is 20.2 Å². The molecule has 0 aliphatic carbocycles. The molecular formula is C26H28N4O10. The normalized spacial score (nSPS) is 18.9. The minimum absolute atomic E-state index is 0.0441. The summed E-state index contributed by atoms with van der Waals surface area (Å²) in [4.78, 5) is 39.5. The SMILES string of the molecule is O=C1OC(c2cc([N+](=O)[O-])cc([N+](=O)[O-])c2)=N/C1=C/c1ccc(N2CCOCCOCCOCCOCC2)cc1. The number of carbonyl (C=O) groups excluding carboxylic acids is 1. The van der Waals surface area contributed by atoms with E-state index in [9.17, 15) is 25.0 Å². The van der Waals surface area contributed by atoms with Gasteiger partial charge in [0.2, 0.25) is 5.90 Å². The van der Waals surface area contributed by atoms with Crippen molar-refractivity contribution in [1.29, 1.82) is 0 Å². The molecule has 2 heterocycles. The standard InChI is InChI=1S/C26H28N4O10/c31-26-24(27-25(40-26)20-16-22(29(32)33)18-23(17-20)30(34)35)15-19-1-3-21(4-2-19)28-5-7-36-9-11-38-13-14-39-12-10-37-8-6-28/h1-4,15-18H,5-14H2/b24-15+. The maximum atomic E-state index is 12.4. The summed E-state index contributed by atoms with van der Waals surface area (Å²) in [6, 6.07) is 10.3. The molecule has 14 heteroatoms. The van der Waals surface area contributed by atoms with E-state index < -0.39 is 27.2 Å². The molecule has 0 aromatic heterocycles. The van der Waals surface area contributed by atoms with E-state index in [1.807, 2.05) is 12.1 Å². The van der Waals surface area contributed by atoms with Gasteiger partial charge in [0.1, 0.15) is 0 Å². The summed E-state index contributed by atoms with van der Waals surface area (Å²) >= 11 is 0. The van der Waals surface area contributed by atoms with E-state index in [4.69, 9.17) is 23.7 Å². The van der Waals surface area contributed by atoms with Crippen molar-refractivity contribution < 1.29 is 38.3 Å². The number of hydrogen-bond donors (Lipinski definition) is 0. The molecule has 0 N–H and O–H groups in total. The Balaban J connectivity index is 1.47. The molecule has 1 saturated heterocycles. The Labute approximate surface area is 229 Å². The fraction of sp³-hybridized carbons (Fsp3) is 0.385. The number of cyclic esters (lactones) is 1. The lowest BCUT2D eigenvalue weighted by Crippen LogP contribution is -2.31. The number of benzene rings is 2. The fourth-order valence-electron chi connectivity index (χ4n) is 3.88. The van der Waals surface area contributed by atoms with E-state index in [2.05, 4.69) is 9.89 Å². The number of non-ortho nitro benzene ring substituents is 2. The van der Waals surface area contributed by atoms with E-state index in [0.717, 1.165) is 23.9 Å². The first-order valence-corrected chi connectivity index (χ1v) is 12.5. The first kappa shape index (κ1) is 28.8. The number of nitro groups is 2. The highest BCUT2D eigenvalue weighted by Gasteiger charge is 2.27. The Bertz CT molecular complexity index is 1230. The molecule has 0 amide bonds. The van der Waals surface area contributed by atoms with Gasteiger partial charge in [0.25, 0.3) is 11.4 Å². The third kappa shape index (κ3) is 8.13. The van der Waals surface area contributed by atoms with Crippen molar-refractivity contribution in [2.45, 2.75) is 0 Å². The lowest BCUT2D eigenvalue weighted by atomic mass is 10.1. The molecular weight excluding hydrogens is 528 g/mol. The Morgan fingerprint density at radius 3 is 1.75 bits per heavy atom. The van der Waals surface area contributed by atoms with Crippen LogP contribution in [-0.4, -0.2) is 87.7 Å². The number of nitro benzene ring substituents is 2. The molecule has 2 aromatic rings. The smallest absolute Gasteiger partial charge is 0.363 e. The van der Waals surface area contributed by atoms with E-state index >= 15 is 0 Å². The second kappa shape index (κ2) is 14.2.